The molecule has 0 aliphatic rings. The second-order valence-corrected chi connectivity index (χ2v) is 2.29. The first-order valence-electron chi connectivity index (χ1n) is 3.55. The Kier molecular flexibility index (Phi) is 4.55. The first-order chi connectivity index (χ1) is 4.76. The minimum absolute atomic E-state index is 0.496. The molecule has 0 aliphatic carbocycles. The molecule has 0 fully saturated rings. The number of hydrogen-bond donors (Lipinski definition) is 0. The van der Waals surface area contributed by atoms with Gasteiger partial charge in [0.1, 0.15) is 0 Å². The second kappa shape index (κ2) is 4.98. The van der Waals surface area contributed by atoms with Crippen molar-refractivity contribution in [2.24, 2.45) is 10.9 Å². The summed E-state index contributed by atoms with van der Waals surface area (Å²) in [5.41, 5.74) is 1.03. The third kappa shape index (κ3) is 2.62. The molecule has 1 atom stereocenters. The Morgan fingerprint density at radius 1 is 1.70 bits per heavy atom. The van der Waals surface area contributed by atoms with Crippen molar-refractivity contribution in [1.82, 2.24) is 0 Å². The molecule has 0 saturated heterocycles. The molecule has 0 heterocycles. The molecule has 0 radical (unpaired) electrons. The van der Waals surface area contributed by atoms with E-state index in [1.807, 2.05) is 6.08 Å². The van der Waals surface area contributed by atoms with E-state index < -0.39 is 0 Å². The zero-order valence-electron chi connectivity index (χ0n) is 6.80. The summed E-state index contributed by atoms with van der Waals surface area (Å²) in [5, 5.41) is 0. The monoisotopic (exact) mass is 137 g/mol. The van der Waals surface area contributed by atoms with E-state index in [0.717, 1.165) is 12.1 Å². The smallest absolute Gasteiger partial charge is 0.0424 e. The van der Waals surface area contributed by atoms with E-state index in [4.69, 9.17) is 0 Å². The van der Waals surface area contributed by atoms with Crippen LogP contribution in [0, 0.1) is 5.92 Å². The topological polar surface area (TPSA) is 12.4 Å². The van der Waals surface area contributed by atoms with Crippen molar-refractivity contribution in [2.45, 2.75) is 20.3 Å². The Balaban J connectivity index is 4.18. The van der Waals surface area contributed by atoms with Gasteiger partial charge in [-0.1, -0.05) is 26.5 Å². The Morgan fingerprint density at radius 2 is 2.30 bits per heavy atom. The molecule has 0 bridgehead atoms. The van der Waals surface area contributed by atoms with Crippen LogP contribution in [0.3, 0.4) is 0 Å². The molecule has 0 aromatic rings. The molecule has 1 unspecified atom stereocenters. The van der Waals surface area contributed by atoms with Gasteiger partial charge in [0.25, 0.3) is 0 Å². The lowest BCUT2D eigenvalue weighted by atomic mass is 10.1. The minimum Gasteiger partial charge on any atom is -0.269 e. The van der Waals surface area contributed by atoms with Crippen molar-refractivity contribution in [3.05, 3.63) is 24.4 Å². The molecule has 0 aliphatic heterocycles. The van der Waals surface area contributed by atoms with Crippen molar-refractivity contribution < 1.29 is 0 Å². The highest BCUT2D eigenvalue weighted by Gasteiger charge is 2.01. The summed E-state index contributed by atoms with van der Waals surface area (Å²) in [6, 6.07) is 0. The van der Waals surface area contributed by atoms with Gasteiger partial charge >= 0.3 is 0 Å². The van der Waals surface area contributed by atoms with E-state index in [1.165, 1.54) is 0 Å². The fourth-order valence-electron chi connectivity index (χ4n) is 0.703. The number of rotatable bonds is 4. The predicted octanol–water partition coefficient (Wildman–Crippen LogP) is 2.80. The molecular weight excluding hydrogens is 122 g/mol. The van der Waals surface area contributed by atoms with E-state index >= 15 is 0 Å². The summed E-state index contributed by atoms with van der Waals surface area (Å²) < 4.78 is 0. The predicted molar refractivity (Wildman–Crippen MR) is 47.3 cm³/mol. The van der Waals surface area contributed by atoms with Crippen LogP contribution in [0.4, 0.5) is 0 Å². The Labute approximate surface area is 63.2 Å². The normalized spacial score (nSPS) is 14.4. The van der Waals surface area contributed by atoms with Crippen molar-refractivity contribution in [2.75, 3.05) is 0 Å². The van der Waals surface area contributed by atoms with Gasteiger partial charge in [-0.15, -0.1) is 0 Å². The van der Waals surface area contributed by atoms with Crippen molar-refractivity contribution in [1.29, 1.82) is 0 Å². The molecular formula is C9H15N. The quantitative estimate of drug-likeness (QED) is 0.417. The van der Waals surface area contributed by atoms with Crippen molar-refractivity contribution in [3.63, 3.8) is 0 Å². The minimum atomic E-state index is 0.496. The van der Waals surface area contributed by atoms with Gasteiger partial charge in [-0.25, -0.2) is 0 Å². The molecule has 0 aromatic carbocycles. The Bertz CT molecular complexity index is 145. The highest BCUT2D eigenvalue weighted by atomic mass is 14.7. The lowest BCUT2D eigenvalue weighted by Crippen LogP contribution is -1.93. The van der Waals surface area contributed by atoms with Crippen LogP contribution in [-0.4, -0.2) is 6.72 Å². The van der Waals surface area contributed by atoms with Crippen LogP contribution >= 0.6 is 0 Å². The lowest BCUT2D eigenvalue weighted by molar-refractivity contribution is 0.650. The standard InChI is InChI=1S/C9H15N/c1-5-7-9(10-4)8(3)6-2/h5,7-8H,1,4,6H2,2-3H3/b9-7-. The van der Waals surface area contributed by atoms with E-state index in [0.29, 0.717) is 5.92 Å². The number of allylic oxidation sites excluding steroid dienone is 3. The molecule has 1 nitrogen and oxygen atoms in total. The SMILES string of the molecule is C=C/C=C(\N=C)C(C)CC. The zero-order valence-corrected chi connectivity index (χ0v) is 6.80. The van der Waals surface area contributed by atoms with Gasteiger partial charge in [-0.2, -0.15) is 0 Å². The van der Waals surface area contributed by atoms with E-state index in [9.17, 15) is 0 Å². The van der Waals surface area contributed by atoms with E-state index in [-0.39, 0.29) is 0 Å². The van der Waals surface area contributed by atoms with Crippen LogP contribution < -0.4 is 0 Å². The van der Waals surface area contributed by atoms with Gasteiger partial charge in [0.05, 0.1) is 0 Å². The molecule has 0 aromatic heterocycles. The average molecular weight is 137 g/mol. The molecule has 0 amide bonds. The third-order valence-electron chi connectivity index (χ3n) is 1.59. The maximum absolute atomic E-state index is 3.89. The Morgan fingerprint density at radius 3 is 2.60 bits per heavy atom. The average Bonchev–Trinajstić information content (AvgIpc) is 1.99. The van der Waals surface area contributed by atoms with E-state index in [2.05, 4.69) is 32.1 Å². The van der Waals surface area contributed by atoms with Gasteiger partial charge < -0.3 is 0 Å². The van der Waals surface area contributed by atoms with Gasteiger partial charge in [0.15, 0.2) is 0 Å². The molecule has 0 rings (SSSR count). The summed E-state index contributed by atoms with van der Waals surface area (Å²) in [7, 11) is 0. The fraction of sp³-hybridized carbons (Fsp3) is 0.444. The van der Waals surface area contributed by atoms with Gasteiger partial charge in [0.2, 0.25) is 0 Å². The van der Waals surface area contributed by atoms with Crippen LogP contribution in [0.25, 0.3) is 0 Å². The summed E-state index contributed by atoms with van der Waals surface area (Å²) in [5.74, 6) is 0.496. The maximum atomic E-state index is 3.89. The van der Waals surface area contributed by atoms with Gasteiger partial charge in [-0.3, -0.25) is 4.99 Å². The van der Waals surface area contributed by atoms with Crippen LogP contribution in [0.2, 0.25) is 0 Å². The first kappa shape index (κ1) is 9.15. The molecule has 0 spiro atoms. The third-order valence-corrected chi connectivity index (χ3v) is 1.59. The Hall–Kier alpha value is -0.850. The molecule has 0 saturated carbocycles. The molecule has 1 heteroatoms. The number of hydrogen-bond acceptors (Lipinski definition) is 1. The fourth-order valence-corrected chi connectivity index (χ4v) is 0.703. The highest BCUT2D eigenvalue weighted by Crippen LogP contribution is 2.14. The maximum Gasteiger partial charge on any atom is 0.0424 e. The zero-order chi connectivity index (χ0) is 7.98. The summed E-state index contributed by atoms with van der Waals surface area (Å²) >= 11 is 0. The summed E-state index contributed by atoms with van der Waals surface area (Å²) in [6.45, 7) is 11.3. The van der Waals surface area contributed by atoms with Crippen LogP contribution in [0.5, 0.6) is 0 Å². The highest BCUT2D eigenvalue weighted by molar-refractivity contribution is 5.30. The largest absolute Gasteiger partial charge is 0.269 e. The van der Waals surface area contributed by atoms with Crippen LogP contribution in [-0.2, 0) is 0 Å². The van der Waals surface area contributed by atoms with Crippen molar-refractivity contribution in [3.8, 4) is 0 Å². The van der Waals surface area contributed by atoms with Gasteiger partial charge in [0, 0.05) is 5.70 Å². The van der Waals surface area contributed by atoms with E-state index in [1.54, 1.807) is 6.08 Å². The first-order valence-corrected chi connectivity index (χ1v) is 3.55. The number of nitrogens with zero attached hydrogens (tertiary/aromatic N) is 1. The molecule has 10 heavy (non-hydrogen) atoms. The number of aliphatic imine (C=N–C) groups is 1. The van der Waals surface area contributed by atoms with Gasteiger partial charge in [-0.05, 0) is 25.1 Å². The van der Waals surface area contributed by atoms with Crippen molar-refractivity contribution >= 4 is 6.72 Å². The lowest BCUT2D eigenvalue weighted by Gasteiger charge is -2.06. The van der Waals surface area contributed by atoms with Crippen LogP contribution in [0.15, 0.2) is 29.4 Å². The second-order valence-electron chi connectivity index (χ2n) is 2.29. The molecule has 56 valence electrons. The van der Waals surface area contributed by atoms with Crippen LogP contribution in [0.1, 0.15) is 20.3 Å². The summed E-state index contributed by atoms with van der Waals surface area (Å²) in [4.78, 5) is 3.89. The summed E-state index contributed by atoms with van der Waals surface area (Å²) in [6.07, 6.45) is 4.75. The molecule has 0 N–H and O–H groups in total.